The van der Waals surface area contributed by atoms with Crippen molar-refractivity contribution in [2.24, 2.45) is 0 Å². The van der Waals surface area contributed by atoms with E-state index in [4.69, 9.17) is 0 Å². The van der Waals surface area contributed by atoms with Crippen LogP contribution in [0.4, 0.5) is 17.6 Å². The van der Waals surface area contributed by atoms with E-state index in [0.29, 0.717) is 45.1 Å². The van der Waals surface area contributed by atoms with Crippen molar-refractivity contribution < 1.29 is 26.0 Å². The third-order valence-corrected chi connectivity index (χ3v) is 10.7. The standard InChI is InChI=1S/C32H24F4N2O2S3/c1-17-13-41-31(37-17)23-7-3-5-21(23)25-11-27(33)19(9-29(25)35)15-43(39,40)16-20-10-30(36)26(12-28(20)34)22-6-4-8-24(22)32-38-18(2)14-42-32/h5-14H,3-4,15-16H2,1-2H3. The molecule has 4 aromatic rings. The van der Waals surface area contributed by atoms with Crippen molar-refractivity contribution in [1.29, 1.82) is 0 Å². The third-order valence-electron chi connectivity index (χ3n) is 7.17. The second-order valence-corrected chi connectivity index (χ2v) is 14.2. The van der Waals surface area contributed by atoms with Crippen molar-refractivity contribution in [3.05, 3.63) is 126 Å². The number of allylic oxidation sites excluding steroid dienone is 8. The van der Waals surface area contributed by atoms with Crippen molar-refractivity contribution in [1.82, 2.24) is 9.97 Å². The number of rotatable bonds is 8. The molecule has 11 heteroatoms. The van der Waals surface area contributed by atoms with Crippen LogP contribution in [0.15, 0.2) is 59.3 Å². The van der Waals surface area contributed by atoms with E-state index in [1.165, 1.54) is 22.7 Å². The quantitative estimate of drug-likeness (QED) is 0.181. The Morgan fingerprint density at radius 3 is 1.40 bits per heavy atom. The van der Waals surface area contributed by atoms with Gasteiger partial charge in [-0.1, -0.05) is 24.3 Å². The van der Waals surface area contributed by atoms with Gasteiger partial charge in [0.15, 0.2) is 9.84 Å². The average molecular weight is 641 g/mol. The Labute approximate surface area is 254 Å². The molecule has 0 amide bonds. The first-order valence-electron chi connectivity index (χ1n) is 13.3. The number of halogens is 4. The predicted octanol–water partition coefficient (Wildman–Crippen LogP) is 8.63. The monoisotopic (exact) mass is 640 g/mol. The lowest BCUT2D eigenvalue weighted by Crippen LogP contribution is -2.12. The summed E-state index contributed by atoms with van der Waals surface area (Å²) in [5.41, 5.74) is 3.20. The number of hydrogen-bond acceptors (Lipinski definition) is 6. The molecule has 0 atom stereocenters. The van der Waals surface area contributed by atoms with E-state index in [2.05, 4.69) is 9.97 Å². The molecule has 0 aliphatic heterocycles. The van der Waals surface area contributed by atoms with E-state index >= 15 is 17.6 Å². The lowest BCUT2D eigenvalue weighted by atomic mass is 9.99. The molecule has 2 aromatic carbocycles. The minimum Gasteiger partial charge on any atom is -0.241 e. The Hall–Kier alpha value is -3.67. The van der Waals surface area contributed by atoms with Crippen molar-refractivity contribution in [3.8, 4) is 0 Å². The van der Waals surface area contributed by atoms with Gasteiger partial charge in [0.1, 0.15) is 33.3 Å². The van der Waals surface area contributed by atoms with E-state index < -0.39 is 55.7 Å². The fourth-order valence-corrected chi connectivity index (χ4v) is 8.43. The van der Waals surface area contributed by atoms with Crippen LogP contribution in [0.2, 0.25) is 0 Å². The summed E-state index contributed by atoms with van der Waals surface area (Å²) in [6, 6.07) is 3.66. The van der Waals surface area contributed by atoms with Gasteiger partial charge in [0, 0.05) is 55.5 Å². The van der Waals surface area contributed by atoms with E-state index in [1.54, 1.807) is 12.2 Å². The second-order valence-electron chi connectivity index (χ2n) is 10.4. The summed E-state index contributed by atoms with van der Waals surface area (Å²) in [7, 11) is -4.21. The molecule has 4 nitrogen and oxygen atoms in total. The largest absolute Gasteiger partial charge is 0.241 e. The van der Waals surface area contributed by atoms with E-state index in [9.17, 15) is 8.42 Å². The van der Waals surface area contributed by atoms with E-state index in [1.807, 2.05) is 36.8 Å². The second kappa shape index (κ2) is 11.4. The number of benzene rings is 2. The molecule has 0 radical (unpaired) electrons. The summed E-state index contributed by atoms with van der Waals surface area (Å²) >= 11 is 2.79. The molecule has 220 valence electrons. The van der Waals surface area contributed by atoms with Gasteiger partial charge in [0.05, 0.1) is 11.5 Å². The van der Waals surface area contributed by atoms with Crippen LogP contribution in [-0.2, 0) is 21.3 Å². The first-order chi connectivity index (χ1) is 20.5. The number of thiazole rings is 2. The lowest BCUT2D eigenvalue weighted by Gasteiger charge is -2.13. The van der Waals surface area contributed by atoms with Gasteiger partial charge in [0.25, 0.3) is 0 Å². The number of hydrogen-bond donors (Lipinski definition) is 0. The third kappa shape index (κ3) is 5.93. The molecular weight excluding hydrogens is 617 g/mol. The fraction of sp³-hybridized carbons (Fsp3) is 0.188. The number of aryl methyl sites for hydroxylation is 2. The fourth-order valence-electron chi connectivity index (χ4n) is 5.23. The van der Waals surface area contributed by atoms with Crippen LogP contribution < -0.4 is 0 Å². The Morgan fingerprint density at radius 2 is 1.02 bits per heavy atom. The summed E-state index contributed by atoms with van der Waals surface area (Å²) < 4.78 is 87.0. The molecule has 43 heavy (non-hydrogen) atoms. The minimum atomic E-state index is -4.21. The number of sulfone groups is 1. The van der Waals surface area contributed by atoms with E-state index in [0.717, 1.165) is 35.7 Å². The molecule has 0 fully saturated rings. The lowest BCUT2D eigenvalue weighted by molar-refractivity contribution is 0.570. The van der Waals surface area contributed by atoms with Gasteiger partial charge in [-0.2, -0.15) is 0 Å². The molecule has 2 aliphatic carbocycles. The van der Waals surface area contributed by atoms with Gasteiger partial charge in [-0.05, 0) is 62.1 Å². The van der Waals surface area contributed by atoms with Crippen LogP contribution in [-0.4, -0.2) is 18.4 Å². The van der Waals surface area contributed by atoms with Crippen LogP contribution in [0.5, 0.6) is 0 Å². The maximum Gasteiger partial charge on any atom is 0.158 e. The molecule has 0 bridgehead atoms. The summed E-state index contributed by atoms with van der Waals surface area (Å²) in [4.78, 5) is 8.87. The zero-order valence-electron chi connectivity index (χ0n) is 23.0. The summed E-state index contributed by atoms with van der Waals surface area (Å²) in [5.74, 6) is -5.15. The van der Waals surface area contributed by atoms with Crippen LogP contribution in [0, 0.1) is 37.1 Å². The van der Waals surface area contributed by atoms with Gasteiger partial charge >= 0.3 is 0 Å². The Kier molecular flexibility index (Phi) is 7.82. The normalized spacial score (nSPS) is 15.0. The molecule has 2 aromatic heterocycles. The molecule has 0 spiro atoms. The zero-order chi connectivity index (χ0) is 30.5. The molecule has 2 heterocycles. The highest BCUT2D eigenvalue weighted by atomic mass is 32.2. The van der Waals surface area contributed by atoms with Crippen molar-refractivity contribution in [2.75, 3.05) is 0 Å². The van der Waals surface area contributed by atoms with Crippen molar-refractivity contribution in [3.63, 3.8) is 0 Å². The topological polar surface area (TPSA) is 59.9 Å². The summed E-state index contributed by atoms with van der Waals surface area (Å²) in [6.45, 7) is 3.68. The van der Waals surface area contributed by atoms with Crippen LogP contribution in [0.1, 0.15) is 56.5 Å². The van der Waals surface area contributed by atoms with Crippen LogP contribution in [0.25, 0.3) is 22.3 Å². The van der Waals surface area contributed by atoms with Gasteiger partial charge in [-0.3, -0.25) is 0 Å². The predicted molar refractivity (Wildman–Crippen MR) is 164 cm³/mol. The highest BCUT2D eigenvalue weighted by molar-refractivity contribution is 7.89. The smallest absolute Gasteiger partial charge is 0.158 e. The molecule has 2 aliphatic rings. The number of nitrogens with zero attached hydrogens (tertiary/aromatic N) is 2. The molecule has 0 saturated heterocycles. The minimum absolute atomic E-state index is 0.00139. The highest BCUT2D eigenvalue weighted by Crippen LogP contribution is 2.41. The van der Waals surface area contributed by atoms with E-state index in [-0.39, 0.29) is 11.1 Å². The van der Waals surface area contributed by atoms with Crippen molar-refractivity contribution in [2.45, 2.75) is 38.2 Å². The zero-order valence-corrected chi connectivity index (χ0v) is 25.5. The SMILES string of the molecule is Cc1csc(C2=CCC=C2c2cc(F)c(CS(=O)(=O)Cc3cc(F)c(C4=CCC=C4c4nc(C)cs4)cc3F)cc2F)n1. The van der Waals surface area contributed by atoms with Gasteiger partial charge in [-0.15, -0.1) is 22.7 Å². The van der Waals surface area contributed by atoms with Gasteiger partial charge in [-0.25, -0.2) is 35.9 Å². The van der Waals surface area contributed by atoms with Gasteiger partial charge < -0.3 is 0 Å². The highest BCUT2D eigenvalue weighted by Gasteiger charge is 2.26. The maximum atomic E-state index is 15.3. The molecule has 0 N–H and O–H groups in total. The Balaban J connectivity index is 1.22. The van der Waals surface area contributed by atoms with Gasteiger partial charge in [0.2, 0.25) is 0 Å². The first kappa shape index (κ1) is 29.4. The molecule has 6 rings (SSSR count). The first-order valence-corrected chi connectivity index (χ1v) is 16.9. The Morgan fingerprint density at radius 1 is 0.628 bits per heavy atom. The molecule has 0 saturated carbocycles. The maximum absolute atomic E-state index is 15.3. The molecular formula is C32H24F4N2O2S3. The Bertz CT molecular complexity index is 1880. The number of aromatic nitrogens is 2. The average Bonchev–Trinajstić information content (AvgIpc) is 3.75. The van der Waals surface area contributed by atoms with Crippen LogP contribution in [0.3, 0.4) is 0 Å². The molecule has 0 unspecified atom stereocenters. The van der Waals surface area contributed by atoms with Crippen LogP contribution >= 0.6 is 22.7 Å². The summed E-state index contributed by atoms with van der Waals surface area (Å²) in [6.07, 6.45) is 8.34. The van der Waals surface area contributed by atoms with Crippen molar-refractivity contribution >= 4 is 54.8 Å². The summed E-state index contributed by atoms with van der Waals surface area (Å²) in [5, 5.41) is 5.09.